The van der Waals surface area contributed by atoms with Crippen LogP contribution in [0.5, 0.6) is 0 Å². The zero-order valence-electron chi connectivity index (χ0n) is 10.5. The summed E-state index contributed by atoms with van der Waals surface area (Å²) in [5, 5.41) is 0. The molecule has 0 saturated carbocycles. The maximum Gasteiger partial charge on any atom is 0.133 e. The van der Waals surface area contributed by atoms with Gasteiger partial charge in [-0.1, -0.05) is 41.0 Å². The van der Waals surface area contributed by atoms with Gasteiger partial charge >= 0.3 is 0 Å². The highest BCUT2D eigenvalue weighted by molar-refractivity contribution is 5.78. The van der Waals surface area contributed by atoms with Gasteiger partial charge in [-0.25, -0.2) is 0 Å². The number of Topliss-reactive ketones (excluding diaryl/α,β-unsaturated/α-hetero) is 1. The molecule has 0 N–H and O–H groups in total. The molecule has 0 heterocycles. The van der Waals surface area contributed by atoms with Gasteiger partial charge in [0.25, 0.3) is 0 Å². The summed E-state index contributed by atoms with van der Waals surface area (Å²) >= 11 is 0. The summed E-state index contributed by atoms with van der Waals surface area (Å²) in [4.78, 5) is 11.5. The highest BCUT2D eigenvalue weighted by Crippen LogP contribution is 2.16. The minimum atomic E-state index is 0.451. The molecule has 0 unspecified atom stereocenters. The van der Waals surface area contributed by atoms with Crippen LogP contribution in [0.2, 0.25) is 0 Å². The van der Waals surface area contributed by atoms with Gasteiger partial charge in [0.15, 0.2) is 0 Å². The maximum atomic E-state index is 11.5. The first kappa shape index (κ1) is 13.7. The smallest absolute Gasteiger partial charge is 0.133 e. The highest BCUT2D eigenvalue weighted by atomic mass is 16.1. The van der Waals surface area contributed by atoms with E-state index in [-0.39, 0.29) is 0 Å². The van der Waals surface area contributed by atoms with E-state index in [1.807, 2.05) is 0 Å². The van der Waals surface area contributed by atoms with E-state index in [1.54, 1.807) is 0 Å². The van der Waals surface area contributed by atoms with Crippen LogP contribution in [-0.4, -0.2) is 5.78 Å². The van der Waals surface area contributed by atoms with Gasteiger partial charge in [0, 0.05) is 12.8 Å². The Labute approximate surface area is 89.3 Å². The zero-order valence-corrected chi connectivity index (χ0v) is 10.5. The summed E-state index contributed by atoms with van der Waals surface area (Å²) in [6, 6.07) is 0. The van der Waals surface area contributed by atoms with Crippen LogP contribution in [0, 0.1) is 17.8 Å². The van der Waals surface area contributed by atoms with Crippen molar-refractivity contribution in [2.75, 3.05) is 0 Å². The van der Waals surface area contributed by atoms with Crippen LogP contribution in [0.4, 0.5) is 0 Å². The normalized spacial score (nSPS) is 13.6. The largest absolute Gasteiger partial charge is 0.300 e. The van der Waals surface area contributed by atoms with Crippen LogP contribution < -0.4 is 0 Å². The van der Waals surface area contributed by atoms with Gasteiger partial charge in [-0.15, -0.1) is 0 Å². The zero-order chi connectivity index (χ0) is 11.1. The van der Waals surface area contributed by atoms with Crippen molar-refractivity contribution in [3.63, 3.8) is 0 Å². The van der Waals surface area contributed by atoms with Gasteiger partial charge in [0.1, 0.15) is 5.78 Å². The van der Waals surface area contributed by atoms with Crippen LogP contribution >= 0.6 is 0 Å². The molecule has 0 aromatic rings. The van der Waals surface area contributed by atoms with Crippen molar-refractivity contribution in [2.45, 2.75) is 60.3 Å². The van der Waals surface area contributed by atoms with E-state index in [0.29, 0.717) is 17.6 Å². The van der Waals surface area contributed by atoms with Crippen molar-refractivity contribution in [2.24, 2.45) is 17.8 Å². The summed E-state index contributed by atoms with van der Waals surface area (Å²) in [5.41, 5.74) is 0. The first-order valence-corrected chi connectivity index (χ1v) is 5.95. The Morgan fingerprint density at radius 2 is 1.64 bits per heavy atom. The molecule has 0 saturated heterocycles. The molecule has 0 aliphatic heterocycles. The fourth-order valence-electron chi connectivity index (χ4n) is 1.40. The van der Waals surface area contributed by atoms with Gasteiger partial charge < -0.3 is 0 Å². The van der Waals surface area contributed by atoms with Gasteiger partial charge in [-0.05, 0) is 24.2 Å². The fraction of sp³-hybridized carbons (Fsp3) is 0.923. The van der Waals surface area contributed by atoms with E-state index in [0.717, 1.165) is 25.2 Å². The SMILES string of the molecule is CC(C)CCCC(=O)C[C@@H](C)C(C)C. The first-order valence-electron chi connectivity index (χ1n) is 5.95. The molecule has 0 fully saturated rings. The van der Waals surface area contributed by atoms with E-state index >= 15 is 0 Å². The molecule has 0 bridgehead atoms. The second-order valence-corrected chi connectivity index (χ2v) is 5.25. The monoisotopic (exact) mass is 198 g/mol. The molecule has 0 radical (unpaired) electrons. The van der Waals surface area contributed by atoms with Gasteiger partial charge in [-0.3, -0.25) is 4.79 Å². The minimum absolute atomic E-state index is 0.451. The molecular weight excluding hydrogens is 172 g/mol. The third kappa shape index (κ3) is 7.11. The van der Waals surface area contributed by atoms with Gasteiger partial charge in [-0.2, -0.15) is 0 Å². The quantitative estimate of drug-likeness (QED) is 0.603. The Morgan fingerprint density at radius 1 is 1.07 bits per heavy atom. The molecule has 14 heavy (non-hydrogen) atoms. The van der Waals surface area contributed by atoms with Crippen LogP contribution in [0.1, 0.15) is 60.3 Å². The lowest BCUT2D eigenvalue weighted by molar-refractivity contribution is -0.120. The number of rotatable bonds is 7. The first-order chi connectivity index (χ1) is 6.43. The minimum Gasteiger partial charge on any atom is -0.300 e. The average Bonchev–Trinajstić information content (AvgIpc) is 2.02. The number of carbonyl (C=O) groups excluding carboxylic acids is 1. The molecule has 0 spiro atoms. The van der Waals surface area contributed by atoms with Crippen LogP contribution in [0.25, 0.3) is 0 Å². The van der Waals surface area contributed by atoms with Gasteiger partial charge in [0.05, 0.1) is 0 Å². The predicted octanol–water partition coefficient (Wildman–Crippen LogP) is 4.06. The Morgan fingerprint density at radius 3 is 2.07 bits per heavy atom. The van der Waals surface area contributed by atoms with Crippen molar-refractivity contribution < 1.29 is 4.79 Å². The van der Waals surface area contributed by atoms with E-state index in [2.05, 4.69) is 34.6 Å². The second-order valence-electron chi connectivity index (χ2n) is 5.25. The lowest BCUT2D eigenvalue weighted by Crippen LogP contribution is -2.10. The van der Waals surface area contributed by atoms with E-state index in [4.69, 9.17) is 0 Å². The lowest BCUT2D eigenvalue weighted by Gasteiger charge is -2.14. The molecule has 0 aliphatic rings. The molecule has 0 aromatic heterocycles. The van der Waals surface area contributed by atoms with Crippen molar-refractivity contribution in [3.8, 4) is 0 Å². The lowest BCUT2D eigenvalue weighted by atomic mass is 9.91. The van der Waals surface area contributed by atoms with E-state index in [1.165, 1.54) is 6.42 Å². The second kappa shape index (κ2) is 7.03. The summed E-state index contributed by atoms with van der Waals surface area (Å²) in [6.45, 7) is 11.0. The summed E-state index contributed by atoms with van der Waals surface area (Å²) < 4.78 is 0. The van der Waals surface area contributed by atoms with Crippen LogP contribution in [-0.2, 0) is 4.79 Å². The molecule has 1 nitrogen and oxygen atoms in total. The Kier molecular flexibility index (Phi) is 6.86. The topological polar surface area (TPSA) is 17.1 Å². The van der Waals surface area contributed by atoms with Gasteiger partial charge in [0.2, 0.25) is 0 Å². The standard InChI is InChI=1S/C13H26O/c1-10(2)7-6-8-13(14)9-12(5)11(3)4/h10-12H,6-9H2,1-5H3/t12-/m1/s1. The molecule has 1 atom stereocenters. The molecule has 0 rings (SSSR count). The number of hydrogen-bond acceptors (Lipinski definition) is 1. The fourth-order valence-corrected chi connectivity index (χ4v) is 1.40. The summed E-state index contributed by atoms with van der Waals surface area (Å²) in [6.07, 6.45) is 3.81. The third-order valence-electron chi connectivity index (χ3n) is 2.92. The van der Waals surface area contributed by atoms with Crippen molar-refractivity contribution in [3.05, 3.63) is 0 Å². The maximum absolute atomic E-state index is 11.5. The van der Waals surface area contributed by atoms with Crippen molar-refractivity contribution in [1.82, 2.24) is 0 Å². The number of hydrogen-bond donors (Lipinski definition) is 0. The Bertz CT molecular complexity index is 159. The summed E-state index contributed by atoms with van der Waals surface area (Å²) in [5.74, 6) is 2.35. The van der Waals surface area contributed by atoms with E-state index < -0.39 is 0 Å². The molecule has 84 valence electrons. The van der Waals surface area contributed by atoms with Crippen molar-refractivity contribution in [1.29, 1.82) is 0 Å². The predicted molar refractivity (Wildman–Crippen MR) is 62.3 cm³/mol. The molecule has 0 aliphatic carbocycles. The molecular formula is C13H26O. The van der Waals surface area contributed by atoms with Crippen LogP contribution in [0.15, 0.2) is 0 Å². The summed E-state index contributed by atoms with van der Waals surface area (Å²) in [7, 11) is 0. The number of ketones is 1. The third-order valence-corrected chi connectivity index (χ3v) is 2.92. The molecule has 0 amide bonds. The Hall–Kier alpha value is -0.330. The highest BCUT2D eigenvalue weighted by Gasteiger charge is 2.12. The van der Waals surface area contributed by atoms with Crippen molar-refractivity contribution >= 4 is 5.78 Å². The van der Waals surface area contributed by atoms with Crippen LogP contribution in [0.3, 0.4) is 0 Å². The average molecular weight is 198 g/mol. The number of carbonyl (C=O) groups is 1. The molecule has 0 aromatic carbocycles. The Balaban J connectivity index is 3.55. The molecule has 1 heteroatoms. The van der Waals surface area contributed by atoms with E-state index in [9.17, 15) is 4.79 Å².